The second kappa shape index (κ2) is 6.06. The molecule has 0 spiro atoms. The zero-order chi connectivity index (χ0) is 13.8. The fourth-order valence-electron chi connectivity index (χ4n) is 2.30. The molecule has 2 aliphatic carbocycles. The summed E-state index contributed by atoms with van der Waals surface area (Å²) in [7, 11) is 3.40. The van der Waals surface area contributed by atoms with Gasteiger partial charge in [-0.3, -0.25) is 9.83 Å². The van der Waals surface area contributed by atoms with Crippen molar-refractivity contribution in [1.29, 1.82) is 0 Å². The largest absolute Gasteiger partial charge is 0.500 e. The summed E-state index contributed by atoms with van der Waals surface area (Å²) in [4.78, 5) is 1.14. The summed E-state index contributed by atoms with van der Waals surface area (Å²) in [5, 5.41) is 5.75. The Morgan fingerprint density at radius 1 is 1.26 bits per heavy atom. The molecule has 0 bridgehead atoms. The molecule has 0 saturated carbocycles. The molecule has 0 amide bonds. The lowest BCUT2D eigenvalue weighted by Gasteiger charge is -2.23. The van der Waals surface area contributed by atoms with Crippen molar-refractivity contribution in [3.8, 4) is 0 Å². The summed E-state index contributed by atoms with van der Waals surface area (Å²) in [6, 6.07) is 0. The molecule has 0 aromatic heterocycles. The topological polar surface area (TPSA) is 46.1 Å². The Hall–Kier alpha value is -1.55. The van der Waals surface area contributed by atoms with Crippen LogP contribution in [-0.2, 0) is 9.16 Å². The molecule has 3 nitrogen and oxygen atoms in total. The number of hydrogen-bond donors (Lipinski definition) is 1. The highest BCUT2D eigenvalue weighted by Gasteiger charge is 2.37. The molecule has 0 saturated heterocycles. The molecule has 0 aromatic rings. The molecule has 100 valence electrons. The number of thioether (sulfide) groups is 1. The Kier molecular flexibility index (Phi) is 4.43. The van der Waals surface area contributed by atoms with E-state index in [1.807, 2.05) is 18.4 Å². The van der Waals surface area contributed by atoms with Crippen molar-refractivity contribution >= 4 is 23.3 Å². The quantitative estimate of drug-likeness (QED) is 0.784. The third-order valence-electron chi connectivity index (χ3n) is 3.30. The third kappa shape index (κ3) is 2.89. The van der Waals surface area contributed by atoms with E-state index in [0.29, 0.717) is 0 Å². The van der Waals surface area contributed by atoms with Gasteiger partial charge in [0.25, 0.3) is 7.11 Å². The van der Waals surface area contributed by atoms with Gasteiger partial charge in [-0.05, 0) is 12.3 Å². The van der Waals surface area contributed by atoms with E-state index in [1.165, 1.54) is 0 Å². The number of ketones is 1. The number of rotatable bonds is 3. The van der Waals surface area contributed by atoms with Crippen LogP contribution in [0.1, 0.15) is 0 Å². The van der Waals surface area contributed by atoms with Gasteiger partial charge < -0.3 is 4.74 Å². The minimum atomic E-state index is 0.0755. The van der Waals surface area contributed by atoms with Crippen LogP contribution in [0, 0.1) is 11.8 Å². The van der Waals surface area contributed by atoms with Crippen molar-refractivity contribution in [1.82, 2.24) is 0 Å². The van der Waals surface area contributed by atoms with Crippen LogP contribution < -0.4 is 5.41 Å². The maximum atomic E-state index is 5.75. The Bertz CT molecular complexity index is 510. The van der Waals surface area contributed by atoms with E-state index in [0.717, 1.165) is 22.2 Å². The highest BCUT2D eigenvalue weighted by Crippen LogP contribution is 2.33. The number of methoxy groups -OCH3 is 1. The van der Waals surface area contributed by atoms with Crippen LogP contribution >= 0.6 is 11.8 Å². The first-order valence-electron chi connectivity index (χ1n) is 6.10. The van der Waals surface area contributed by atoms with Crippen molar-refractivity contribution in [2.24, 2.45) is 11.8 Å². The maximum Gasteiger partial charge on any atom is 0.331 e. The number of nitrogens with two attached hydrogens (primary N) is 1. The molecular formula is C15H19NO2S+2. The number of ether oxygens (including phenoxy) is 1. The zero-order valence-corrected chi connectivity index (χ0v) is 12.2. The van der Waals surface area contributed by atoms with Crippen molar-refractivity contribution in [2.75, 3.05) is 20.5 Å². The fraction of sp³-hybridized carbons (Fsp3) is 0.333. The molecule has 0 heterocycles. The smallest absolute Gasteiger partial charge is 0.331 e. The minimum Gasteiger partial charge on any atom is -0.500 e. The van der Waals surface area contributed by atoms with Crippen LogP contribution in [-0.4, -0.2) is 32.0 Å². The molecule has 1 atom stereocenters. The van der Waals surface area contributed by atoms with Crippen molar-refractivity contribution in [2.45, 2.75) is 0 Å². The van der Waals surface area contributed by atoms with Crippen LogP contribution in [0.4, 0.5) is 0 Å². The average molecular weight is 277 g/mol. The van der Waals surface area contributed by atoms with Gasteiger partial charge in [0.1, 0.15) is 11.7 Å². The van der Waals surface area contributed by atoms with E-state index >= 15 is 0 Å². The van der Waals surface area contributed by atoms with Crippen LogP contribution in [0.2, 0.25) is 0 Å². The molecule has 2 rings (SSSR count). The van der Waals surface area contributed by atoms with Gasteiger partial charge in [0, 0.05) is 23.0 Å². The lowest BCUT2D eigenvalue weighted by molar-refractivity contribution is -0.422. The number of hydrogen-bond acceptors (Lipinski definition) is 2. The van der Waals surface area contributed by atoms with E-state index in [4.69, 9.17) is 14.6 Å². The van der Waals surface area contributed by atoms with E-state index in [9.17, 15) is 0 Å². The zero-order valence-electron chi connectivity index (χ0n) is 11.4. The molecule has 2 N–H and O–H groups in total. The molecule has 2 aliphatic rings. The summed E-state index contributed by atoms with van der Waals surface area (Å²) in [5.41, 5.74) is 0.773. The average Bonchev–Trinajstić information content (AvgIpc) is 2.46. The van der Waals surface area contributed by atoms with Crippen LogP contribution in [0.15, 0.2) is 47.1 Å². The second-order valence-corrected chi connectivity index (χ2v) is 5.26. The van der Waals surface area contributed by atoms with E-state index in [-0.39, 0.29) is 11.8 Å². The molecule has 0 radical (unpaired) electrons. The summed E-state index contributed by atoms with van der Waals surface area (Å²) in [6.45, 7) is 0. The maximum absolute atomic E-state index is 5.75. The van der Waals surface area contributed by atoms with Gasteiger partial charge >= 0.3 is 5.78 Å². The van der Waals surface area contributed by atoms with Gasteiger partial charge in [0.15, 0.2) is 5.71 Å². The molecule has 0 aromatic carbocycles. The van der Waals surface area contributed by atoms with Gasteiger partial charge in [-0.15, -0.1) is 11.8 Å². The highest BCUT2D eigenvalue weighted by atomic mass is 32.2. The van der Waals surface area contributed by atoms with Gasteiger partial charge in [-0.2, -0.15) is 0 Å². The van der Waals surface area contributed by atoms with E-state index in [1.54, 1.807) is 26.0 Å². The summed E-state index contributed by atoms with van der Waals surface area (Å²) >= 11 is 1.68. The van der Waals surface area contributed by atoms with Crippen LogP contribution in [0.5, 0.6) is 0 Å². The van der Waals surface area contributed by atoms with Crippen molar-refractivity contribution < 1.29 is 14.6 Å². The molecule has 4 heteroatoms. The SMILES string of the molecule is COC1=CC(SC)=CC(=[O+]C)C1C1C=CC(=[NH2+])C=C1. The molecule has 0 aliphatic heterocycles. The van der Waals surface area contributed by atoms with Gasteiger partial charge in [0.2, 0.25) is 0 Å². The van der Waals surface area contributed by atoms with Crippen molar-refractivity contribution in [3.63, 3.8) is 0 Å². The van der Waals surface area contributed by atoms with Gasteiger partial charge in [-0.1, -0.05) is 12.2 Å². The third-order valence-corrected chi connectivity index (χ3v) is 4.00. The number of carbonyl (C=O) groups excluding carboxylic acids is 1. The number of allylic oxidation sites excluding steroid dienone is 7. The summed E-state index contributed by atoms with van der Waals surface area (Å²) < 4.78 is 11.1. The van der Waals surface area contributed by atoms with Crippen molar-refractivity contribution in [3.05, 3.63) is 47.1 Å². The van der Waals surface area contributed by atoms with E-state index < -0.39 is 0 Å². The molecule has 0 fully saturated rings. The Labute approximate surface area is 117 Å². The second-order valence-electron chi connectivity index (χ2n) is 4.38. The van der Waals surface area contributed by atoms with Gasteiger partial charge in [0.05, 0.1) is 13.2 Å². The molecular weight excluding hydrogens is 258 g/mol. The van der Waals surface area contributed by atoms with Crippen LogP contribution in [0.3, 0.4) is 0 Å². The lowest BCUT2D eigenvalue weighted by Crippen LogP contribution is -2.38. The predicted octanol–water partition coefficient (Wildman–Crippen LogP) is 1.07. The first-order chi connectivity index (χ1) is 9.19. The first-order valence-corrected chi connectivity index (χ1v) is 7.33. The van der Waals surface area contributed by atoms with Crippen LogP contribution in [0.25, 0.3) is 0 Å². The Morgan fingerprint density at radius 3 is 2.47 bits per heavy atom. The summed E-state index contributed by atoms with van der Waals surface area (Å²) in [6.07, 6.45) is 14.2. The molecule has 19 heavy (non-hydrogen) atoms. The minimum absolute atomic E-state index is 0.0755. The van der Waals surface area contributed by atoms with Gasteiger partial charge in [-0.25, -0.2) is 0 Å². The summed E-state index contributed by atoms with van der Waals surface area (Å²) in [5.74, 6) is 2.12. The first kappa shape index (κ1) is 13.9. The van der Waals surface area contributed by atoms with E-state index in [2.05, 4.69) is 24.3 Å². The normalized spacial score (nSPS) is 25.5. The predicted molar refractivity (Wildman–Crippen MR) is 79.8 cm³/mol. The highest BCUT2D eigenvalue weighted by molar-refractivity contribution is 8.02. The fourth-order valence-corrected chi connectivity index (χ4v) is 2.77. The standard InChI is InChI=1S/C15H18NO2S/c1-17-13-8-12(19-3)9-14(18-2)15(13)10-4-6-11(16)7-5-10/h4-10,15-16H,1-3H3/q+1/p+1. The Balaban J connectivity index is 2.36. The monoisotopic (exact) mass is 277 g/mol. The Morgan fingerprint density at radius 2 is 1.95 bits per heavy atom. The lowest BCUT2D eigenvalue weighted by atomic mass is 9.82. The molecule has 1 unspecified atom stereocenters.